The molecular weight excluding hydrogens is 296 g/mol. The molecule has 2 aromatic rings. The second-order valence-electron chi connectivity index (χ2n) is 3.99. The molecule has 0 spiro atoms. The van der Waals surface area contributed by atoms with Gasteiger partial charge in [0.2, 0.25) is 5.82 Å². The van der Waals surface area contributed by atoms with Crippen LogP contribution in [-0.2, 0) is 0 Å². The lowest BCUT2D eigenvalue weighted by Crippen LogP contribution is -2.27. The van der Waals surface area contributed by atoms with Crippen LogP contribution < -0.4 is 5.32 Å². The fraction of sp³-hybridized carbons (Fsp3) is 0.250. The van der Waals surface area contributed by atoms with Gasteiger partial charge in [0.15, 0.2) is 0 Å². The zero-order valence-corrected chi connectivity index (χ0v) is 11.7. The third kappa shape index (κ3) is 2.95. The average molecular weight is 309 g/mol. The van der Waals surface area contributed by atoms with E-state index < -0.39 is 0 Å². The quantitative estimate of drug-likeness (QED) is 0.914. The zero-order valence-electron chi connectivity index (χ0n) is 10.1. The van der Waals surface area contributed by atoms with Crippen molar-refractivity contribution in [1.82, 2.24) is 20.5 Å². The second kappa shape index (κ2) is 5.30. The molecule has 0 saturated carbocycles. The van der Waals surface area contributed by atoms with Crippen LogP contribution in [0.3, 0.4) is 0 Å². The Balaban J connectivity index is 2.05. The zero-order chi connectivity index (χ0) is 13.1. The van der Waals surface area contributed by atoms with E-state index in [4.69, 9.17) is 0 Å². The molecule has 1 aromatic carbocycles. The minimum Gasteiger partial charge on any atom is -0.343 e. The maximum atomic E-state index is 11.8. The van der Waals surface area contributed by atoms with Gasteiger partial charge in [0, 0.05) is 4.47 Å². The molecule has 2 rings (SSSR count). The van der Waals surface area contributed by atoms with Crippen molar-refractivity contribution in [2.75, 3.05) is 0 Å². The number of hydrogen-bond donors (Lipinski definition) is 2. The smallest absolute Gasteiger partial charge is 0.291 e. The summed E-state index contributed by atoms with van der Waals surface area (Å²) in [6, 6.07) is 7.70. The maximum Gasteiger partial charge on any atom is 0.291 e. The number of nitrogens with one attached hydrogen (secondary N) is 2. The lowest BCUT2D eigenvalue weighted by molar-refractivity contribution is 0.0929. The Kier molecular flexibility index (Phi) is 3.76. The summed E-state index contributed by atoms with van der Waals surface area (Å²) >= 11 is 3.37. The molecule has 5 nitrogen and oxygen atoms in total. The molecule has 0 aliphatic rings. The summed E-state index contributed by atoms with van der Waals surface area (Å²) in [5, 5.41) is 9.31. The van der Waals surface area contributed by atoms with Crippen molar-refractivity contribution in [3.8, 4) is 0 Å². The number of aromatic amines is 1. The number of carbonyl (C=O) groups is 1. The Morgan fingerprint density at radius 1 is 1.39 bits per heavy atom. The molecule has 0 unspecified atom stereocenters. The maximum absolute atomic E-state index is 11.8. The number of amides is 1. The van der Waals surface area contributed by atoms with Crippen LogP contribution in [0.4, 0.5) is 0 Å². The van der Waals surface area contributed by atoms with E-state index in [-0.39, 0.29) is 17.8 Å². The highest BCUT2D eigenvalue weighted by molar-refractivity contribution is 9.10. The summed E-state index contributed by atoms with van der Waals surface area (Å²) in [7, 11) is 0. The topological polar surface area (TPSA) is 70.7 Å². The van der Waals surface area contributed by atoms with Gasteiger partial charge in [0.05, 0.1) is 6.04 Å². The molecule has 1 aromatic heterocycles. The van der Waals surface area contributed by atoms with Crippen molar-refractivity contribution in [3.05, 3.63) is 46.0 Å². The monoisotopic (exact) mass is 308 g/mol. The summed E-state index contributed by atoms with van der Waals surface area (Å²) in [4.78, 5) is 15.8. The number of halogens is 1. The van der Waals surface area contributed by atoms with Crippen LogP contribution in [0.1, 0.15) is 35.0 Å². The number of benzene rings is 1. The van der Waals surface area contributed by atoms with Crippen molar-refractivity contribution in [3.63, 3.8) is 0 Å². The molecular formula is C12H13BrN4O. The van der Waals surface area contributed by atoms with E-state index >= 15 is 0 Å². The molecule has 0 fully saturated rings. The van der Waals surface area contributed by atoms with Crippen LogP contribution in [0.2, 0.25) is 0 Å². The predicted molar refractivity (Wildman–Crippen MR) is 71.1 cm³/mol. The minimum atomic E-state index is -0.283. The van der Waals surface area contributed by atoms with Crippen LogP contribution in [0.15, 0.2) is 28.7 Å². The Labute approximate surface area is 113 Å². The fourth-order valence-electron chi connectivity index (χ4n) is 1.54. The lowest BCUT2D eigenvalue weighted by atomic mass is 10.1. The highest BCUT2D eigenvalue weighted by atomic mass is 79.9. The predicted octanol–water partition coefficient (Wildman–Crippen LogP) is 2.37. The molecule has 94 valence electrons. The molecule has 0 saturated heterocycles. The Bertz CT molecular complexity index is 549. The van der Waals surface area contributed by atoms with Gasteiger partial charge in [0.1, 0.15) is 5.82 Å². The first-order chi connectivity index (χ1) is 8.56. The van der Waals surface area contributed by atoms with E-state index in [9.17, 15) is 4.79 Å². The summed E-state index contributed by atoms with van der Waals surface area (Å²) in [5.41, 5.74) is 1.03. The molecule has 0 aliphatic carbocycles. The van der Waals surface area contributed by atoms with Gasteiger partial charge < -0.3 is 5.32 Å². The van der Waals surface area contributed by atoms with Gasteiger partial charge in [-0.3, -0.25) is 9.89 Å². The van der Waals surface area contributed by atoms with Crippen molar-refractivity contribution in [2.24, 2.45) is 0 Å². The van der Waals surface area contributed by atoms with Gasteiger partial charge in [-0.15, -0.1) is 5.10 Å². The third-order valence-electron chi connectivity index (χ3n) is 2.52. The highest BCUT2D eigenvalue weighted by Gasteiger charge is 2.14. The summed E-state index contributed by atoms with van der Waals surface area (Å²) in [5.74, 6) is 0.502. The van der Waals surface area contributed by atoms with Gasteiger partial charge in [0.25, 0.3) is 5.91 Å². The third-order valence-corrected chi connectivity index (χ3v) is 3.05. The van der Waals surface area contributed by atoms with Crippen molar-refractivity contribution >= 4 is 21.8 Å². The van der Waals surface area contributed by atoms with E-state index in [1.807, 2.05) is 31.2 Å². The number of aromatic nitrogens is 3. The molecule has 18 heavy (non-hydrogen) atoms. The van der Waals surface area contributed by atoms with E-state index in [2.05, 4.69) is 36.4 Å². The van der Waals surface area contributed by atoms with Crippen molar-refractivity contribution in [2.45, 2.75) is 19.9 Å². The first-order valence-corrected chi connectivity index (χ1v) is 6.31. The number of carbonyl (C=O) groups excluding carboxylic acids is 1. The van der Waals surface area contributed by atoms with E-state index in [1.54, 1.807) is 6.92 Å². The van der Waals surface area contributed by atoms with Gasteiger partial charge in [-0.2, -0.15) is 0 Å². The van der Waals surface area contributed by atoms with Gasteiger partial charge in [-0.05, 0) is 31.5 Å². The van der Waals surface area contributed by atoms with Crippen LogP contribution in [0.5, 0.6) is 0 Å². The first kappa shape index (κ1) is 12.8. The second-order valence-corrected chi connectivity index (χ2v) is 4.91. The normalized spacial score (nSPS) is 12.2. The first-order valence-electron chi connectivity index (χ1n) is 5.51. The molecule has 0 bridgehead atoms. The fourth-order valence-corrected chi connectivity index (χ4v) is 1.80. The van der Waals surface area contributed by atoms with E-state index in [1.165, 1.54) is 0 Å². The van der Waals surface area contributed by atoms with E-state index in [0.29, 0.717) is 5.82 Å². The Morgan fingerprint density at radius 2 is 2.06 bits per heavy atom. The van der Waals surface area contributed by atoms with Crippen LogP contribution in [-0.4, -0.2) is 21.1 Å². The lowest BCUT2D eigenvalue weighted by Gasteiger charge is -2.12. The molecule has 1 heterocycles. The number of hydrogen-bond acceptors (Lipinski definition) is 3. The number of H-pyrrole nitrogens is 1. The number of nitrogens with zero attached hydrogens (tertiary/aromatic N) is 2. The van der Waals surface area contributed by atoms with Gasteiger partial charge in [-0.25, -0.2) is 4.98 Å². The molecule has 6 heteroatoms. The van der Waals surface area contributed by atoms with Gasteiger partial charge in [-0.1, -0.05) is 28.1 Å². The van der Waals surface area contributed by atoms with Crippen LogP contribution in [0, 0.1) is 6.92 Å². The summed E-state index contributed by atoms with van der Waals surface area (Å²) in [6.45, 7) is 3.67. The van der Waals surface area contributed by atoms with Crippen LogP contribution >= 0.6 is 15.9 Å². The Hall–Kier alpha value is -1.69. The van der Waals surface area contributed by atoms with Gasteiger partial charge >= 0.3 is 0 Å². The largest absolute Gasteiger partial charge is 0.343 e. The average Bonchev–Trinajstić information content (AvgIpc) is 2.76. The number of rotatable bonds is 3. The Morgan fingerprint density at radius 3 is 2.61 bits per heavy atom. The summed E-state index contributed by atoms with van der Waals surface area (Å²) in [6.07, 6.45) is 0. The molecule has 1 amide bonds. The molecule has 0 aliphatic heterocycles. The van der Waals surface area contributed by atoms with Crippen molar-refractivity contribution < 1.29 is 4.79 Å². The minimum absolute atomic E-state index is 0.0931. The standard InChI is InChI=1S/C12H13BrN4O/c1-7(9-3-5-10(13)6-4-9)14-12(18)11-15-8(2)16-17-11/h3-7H,1-2H3,(H,14,18)(H,15,16,17)/t7-/m1/s1. The molecule has 2 N–H and O–H groups in total. The summed E-state index contributed by atoms with van der Waals surface area (Å²) < 4.78 is 1.01. The SMILES string of the molecule is Cc1nc(C(=O)N[C@H](C)c2ccc(Br)cc2)n[nH]1. The highest BCUT2D eigenvalue weighted by Crippen LogP contribution is 2.16. The van der Waals surface area contributed by atoms with Crippen LogP contribution in [0.25, 0.3) is 0 Å². The molecule has 0 radical (unpaired) electrons. The molecule has 1 atom stereocenters. The van der Waals surface area contributed by atoms with E-state index in [0.717, 1.165) is 10.0 Å². The van der Waals surface area contributed by atoms with Crippen molar-refractivity contribution in [1.29, 1.82) is 0 Å². The number of aryl methyl sites for hydroxylation is 1.